The molecule has 0 saturated carbocycles. The molecule has 0 saturated heterocycles. The maximum Gasteiger partial charge on any atom is 0.225 e. The fraction of sp³-hybridized carbons (Fsp3) is 0.533. The molecule has 0 heterocycles. The highest BCUT2D eigenvalue weighted by atomic mass is 16.3. The third-order valence-corrected chi connectivity index (χ3v) is 3.55. The quantitative estimate of drug-likeness (QED) is 0.839. The number of amides is 1. The second-order valence-corrected chi connectivity index (χ2v) is 6.12. The van der Waals surface area contributed by atoms with Crippen molar-refractivity contribution < 1.29 is 9.90 Å². The molecule has 1 aromatic carbocycles. The summed E-state index contributed by atoms with van der Waals surface area (Å²) < 4.78 is 0. The molecule has 1 atom stereocenters. The van der Waals surface area contributed by atoms with Gasteiger partial charge in [0.25, 0.3) is 0 Å². The van der Waals surface area contributed by atoms with Gasteiger partial charge in [0.2, 0.25) is 5.91 Å². The maximum absolute atomic E-state index is 11.9. The van der Waals surface area contributed by atoms with Gasteiger partial charge in [0.1, 0.15) is 5.60 Å². The van der Waals surface area contributed by atoms with E-state index in [9.17, 15) is 9.90 Å². The molecule has 3 nitrogen and oxygen atoms in total. The first-order chi connectivity index (χ1) is 8.33. The van der Waals surface area contributed by atoms with Crippen LogP contribution in [0.1, 0.15) is 38.3 Å². The van der Waals surface area contributed by atoms with Crippen LogP contribution in [0.2, 0.25) is 0 Å². The maximum atomic E-state index is 11.9. The number of nitrogens with one attached hydrogen (secondary N) is 1. The van der Waals surface area contributed by atoms with Crippen molar-refractivity contribution in [3.8, 4) is 0 Å². The number of benzene rings is 1. The third-order valence-electron chi connectivity index (χ3n) is 3.55. The lowest BCUT2D eigenvalue weighted by molar-refractivity contribution is -0.129. The predicted molar refractivity (Wildman–Crippen MR) is 71.1 cm³/mol. The Kier molecular flexibility index (Phi) is 3.20. The smallest absolute Gasteiger partial charge is 0.225 e. The Morgan fingerprint density at radius 3 is 2.72 bits per heavy atom. The lowest BCUT2D eigenvalue weighted by Crippen LogP contribution is -2.43. The summed E-state index contributed by atoms with van der Waals surface area (Å²) in [5.74, 6) is -0.0275. The van der Waals surface area contributed by atoms with Crippen molar-refractivity contribution in [1.82, 2.24) is 5.32 Å². The van der Waals surface area contributed by atoms with Crippen LogP contribution < -0.4 is 5.32 Å². The van der Waals surface area contributed by atoms with Crippen molar-refractivity contribution in [1.29, 1.82) is 0 Å². The van der Waals surface area contributed by atoms with Gasteiger partial charge in [-0.25, -0.2) is 0 Å². The molecule has 2 N–H and O–H groups in total. The van der Waals surface area contributed by atoms with Crippen molar-refractivity contribution in [2.45, 2.75) is 39.2 Å². The number of hydrogen-bond donors (Lipinski definition) is 2. The molecular formula is C15H21NO2. The van der Waals surface area contributed by atoms with E-state index in [0.29, 0.717) is 13.0 Å². The fourth-order valence-corrected chi connectivity index (χ4v) is 2.34. The molecule has 1 amide bonds. The summed E-state index contributed by atoms with van der Waals surface area (Å²) in [5.41, 5.74) is 0.815. The second-order valence-electron chi connectivity index (χ2n) is 6.12. The molecule has 0 aromatic heterocycles. The molecular weight excluding hydrogens is 226 g/mol. The van der Waals surface area contributed by atoms with E-state index >= 15 is 0 Å². The highest BCUT2D eigenvalue weighted by Crippen LogP contribution is 2.36. The topological polar surface area (TPSA) is 49.3 Å². The molecule has 0 fully saturated rings. The summed E-state index contributed by atoms with van der Waals surface area (Å²) >= 11 is 0. The molecule has 0 radical (unpaired) electrons. The van der Waals surface area contributed by atoms with Crippen LogP contribution in [0.3, 0.4) is 0 Å². The first-order valence-corrected chi connectivity index (χ1v) is 6.42. The Balaban J connectivity index is 2.09. The van der Waals surface area contributed by atoms with E-state index in [-0.39, 0.29) is 5.91 Å². The van der Waals surface area contributed by atoms with E-state index in [4.69, 9.17) is 0 Å². The number of hydrogen-bond acceptors (Lipinski definition) is 2. The van der Waals surface area contributed by atoms with Crippen LogP contribution in [0.5, 0.6) is 0 Å². The second kappa shape index (κ2) is 4.39. The summed E-state index contributed by atoms with van der Waals surface area (Å²) in [6, 6.07) is 7.91. The normalized spacial score (nSPS) is 22.7. The molecule has 1 unspecified atom stereocenters. The van der Waals surface area contributed by atoms with Crippen molar-refractivity contribution in [3.05, 3.63) is 35.4 Å². The fourth-order valence-electron chi connectivity index (χ4n) is 2.34. The van der Waals surface area contributed by atoms with Gasteiger partial charge >= 0.3 is 0 Å². The van der Waals surface area contributed by atoms with E-state index in [1.807, 2.05) is 45.0 Å². The number of carbonyl (C=O) groups excluding carboxylic acids is 1. The van der Waals surface area contributed by atoms with Gasteiger partial charge in [-0.05, 0) is 24.0 Å². The standard InChI is InChI=1S/C15H21NO2/c1-14(2,3)13(17)16-10-15(18)9-8-11-6-4-5-7-12(11)15/h4-7,18H,8-10H2,1-3H3,(H,16,17). The molecule has 3 heteroatoms. The molecule has 18 heavy (non-hydrogen) atoms. The summed E-state index contributed by atoms with van der Waals surface area (Å²) in [6.45, 7) is 5.90. The Hall–Kier alpha value is -1.35. The van der Waals surface area contributed by atoms with Crippen LogP contribution in [-0.4, -0.2) is 17.6 Å². The van der Waals surface area contributed by atoms with E-state index in [1.54, 1.807) is 0 Å². The van der Waals surface area contributed by atoms with Gasteiger partial charge in [-0.3, -0.25) is 4.79 Å². The van der Waals surface area contributed by atoms with Crippen LogP contribution in [0.4, 0.5) is 0 Å². The Morgan fingerprint density at radius 2 is 2.06 bits per heavy atom. The number of carbonyl (C=O) groups is 1. The van der Waals surface area contributed by atoms with Crippen LogP contribution in [0, 0.1) is 5.41 Å². The Labute approximate surface area is 108 Å². The number of rotatable bonds is 2. The SMILES string of the molecule is CC(C)(C)C(=O)NCC1(O)CCc2ccccc21. The first kappa shape index (κ1) is 13.1. The summed E-state index contributed by atoms with van der Waals surface area (Å²) in [7, 11) is 0. The van der Waals surface area contributed by atoms with Crippen LogP contribution in [0.15, 0.2) is 24.3 Å². The first-order valence-electron chi connectivity index (χ1n) is 6.42. The van der Waals surface area contributed by atoms with Gasteiger partial charge in [0, 0.05) is 5.41 Å². The van der Waals surface area contributed by atoms with E-state index in [1.165, 1.54) is 5.56 Å². The van der Waals surface area contributed by atoms with Crippen molar-refractivity contribution in [2.75, 3.05) is 6.54 Å². The molecule has 2 rings (SSSR count). The zero-order chi connectivity index (χ0) is 13.4. The van der Waals surface area contributed by atoms with Gasteiger partial charge < -0.3 is 10.4 Å². The monoisotopic (exact) mass is 247 g/mol. The third kappa shape index (κ3) is 2.41. The predicted octanol–water partition coefficient (Wildman–Crippen LogP) is 1.98. The lowest BCUT2D eigenvalue weighted by atomic mass is 9.93. The Bertz CT molecular complexity index is 462. The largest absolute Gasteiger partial charge is 0.383 e. The lowest BCUT2D eigenvalue weighted by Gasteiger charge is -2.27. The highest BCUT2D eigenvalue weighted by Gasteiger charge is 2.37. The van der Waals surface area contributed by atoms with Gasteiger partial charge in [0.05, 0.1) is 6.54 Å². The highest BCUT2D eigenvalue weighted by molar-refractivity contribution is 5.81. The van der Waals surface area contributed by atoms with Crippen molar-refractivity contribution >= 4 is 5.91 Å². The number of aliphatic hydroxyl groups is 1. The molecule has 1 aliphatic carbocycles. The molecule has 0 spiro atoms. The minimum Gasteiger partial charge on any atom is -0.383 e. The summed E-state index contributed by atoms with van der Waals surface area (Å²) in [5, 5.41) is 13.5. The van der Waals surface area contributed by atoms with Crippen LogP contribution in [-0.2, 0) is 16.8 Å². The zero-order valence-electron chi connectivity index (χ0n) is 11.3. The molecule has 98 valence electrons. The number of aryl methyl sites for hydroxylation is 1. The van der Waals surface area contributed by atoms with Crippen molar-refractivity contribution in [3.63, 3.8) is 0 Å². The molecule has 0 aliphatic heterocycles. The van der Waals surface area contributed by atoms with Gasteiger partial charge in [-0.2, -0.15) is 0 Å². The summed E-state index contributed by atoms with van der Waals surface area (Å²) in [4.78, 5) is 11.9. The minimum atomic E-state index is -0.905. The van der Waals surface area contributed by atoms with Gasteiger partial charge in [-0.15, -0.1) is 0 Å². The van der Waals surface area contributed by atoms with E-state index in [0.717, 1.165) is 12.0 Å². The van der Waals surface area contributed by atoms with Gasteiger partial charge in [-0.1, -0.05) is 45.0 Å². The van der Waals surface area contributed by atoms with Crippen LogP contribution in [0.25, 0.3) is 0 Å². The average molecular weight is 247 g/mol. The number of fused-ring (bicyclic) bond motifs is 1. The van der Waals surface area contributed by atoms with E-state index < -0.39 is 11.0 Å². The Morgan fingerprint density at radius 1 is 1.39 bits per heavy atom. The minimum absolute atomic E-state index is 0.0275. The zero-order valence-corrected chi connectivity index (χ0v) is 11.3. The van der Waals surface area contributed by atoms with Gasteiger partial charge in [0.15, 0.2) is 0 Å². The van der Waals surface area contributed by atoms with E-state index in [2.05, 4.69) is 5.32 Å². The van der Waals surface area contributed by atoms with Crippen molar-refractivity contribution in [2.24, 2.45) is 5.41 Å². The molecule has 1 aromatic rings. The van der Waals surface area contributed by atoms with Crippen LogP contribution >= 0.6 is 0 Å². The molecule has 1 aliphatic rings. The molecule has 0 bridgehead atoms. The average Bonchev–Trinajstić information content (AvgIpc) is 2.64. The summed E-state index contributed by atoms with van der Waals surface area (Å²) in [6.07, 6.45) is 1.55.